The third-order valence-electron chi connectivity index (χ3n) is 5.90. The van der Waals surface area contributed by atoms with Crippen molar-refractivity contribution in [2.45, 2.75) is 31.6 Å². The zero-order chi connectivity index (χ0) is 20.3. The minimum Gasteiger partial charge on any atom is -0.445 e. The van der Waals surface area contributed by atoms with E-state index in [1.807, 2.05) is 11.0 Å². The summed E-state index contributed by atoms with van der Waals surface area (Å²) in [6.07, 6.45) is 3.88. The van der Waals surface area contributed by atoms with Gasteiger partial charge in [0.25, 0.3) is 0 Å². The molecule has 1 aromatic heterocycles. The third-order valence-corrected chi connectivity index (χ3v) is 5.90. The molecule has 0 bridgehead atoms. The molecule has 6 nitrogen and oxygen atoms in total. The number of benzene rings is 1. The first-order valence-electron chi connectivity index (χ1n) is 10.3. The Kier molecular flexibility index (Phi) is 5.96. The zero-order valence-electron chi connectivity index (χ0n) is 16.9. The quantitative estimate of drug-likeness (QED) is 0.771. The van der Waals surface area contributed by atoms with Crippen LogP contribution in [0.5, 0.6) is 0 Å². The van der Waals surface area contributed by atoms with Gasteiger partial charge in [-0.2, -0.15) is 0 Å². The summed E-state index contributed by atoms with van der Waals surface area (Å²) in [7, 11) is 0. The summed E-state index contributed by atoms with van der Waals surface area (Å²) in [4.78, 5) is 21.4. The van der Waals surface area contributed by atoms with E-state index < -0.39 is 0 Å². The van der Waals surface area contributed by atoms with Crippen LogP contribution in [0.1, 0.15) is 37.0 Å². The van der Waals surface area contributed by atoms with Crippen LogP contribution in [-0.2, 0) is 21.4 Å². The summed E-state index contributed by atoms with van der Waals surface area (Å²) in [5.74, 6) is 1.18. The van der Waals surface area contributed by atoms with Crippen molar-refractivity contribution in [1.29, 1.82) is 0 Å². The lowest BCUT2D eigenvalue weighted by molar-refractivity contribution is -0.135. The summed E-state index contributed by atoms with van der Waals surface area (Å²) in [5.41, 5.74) is 0.262. The van der Waals surface area contributed by atoms with Gasteiger partial charge in [0.15, 0.2) is 0 Å². The first-order valence-corrected chi connectivity index (χ1v) is 10.3. The topological polar surface area (TPSA) is 58.8 Å². The number of oxazole rings is 1. The number of carbonyl (C=O) groups excluding carboxylic acids is 1. The van der Waals surface area contributed by atoms with Crippen molar-refractivity contribution in [3.05, 3.63) is 53.5 Å². The van der Waals surface area contributed by atoms with Gasteiger partial charge in [-0.15, -0.1) is 0 Å². The predicted molar refractivity (Wildman–Crippen MR) is 106 cm³/mol. The number of likely N-dealkylation sites (tertiary alicyclic amines) is 1. The second kappa shape index (κ2) is 8.63. The Morgan fingerprint density at radius 1 is 1.24 bits per heavy atom. The van der Waals surface area contributed by atoms with Crippen LogP contribution in [0.2, 0.25) is 0 Å². The Labute approximate surface area is 170 Å². The molecule has 0 N–H and O–H groups in total. The lowest BCUT2D eigenvalue weighted by Crippen LogP contribution is -2.51. The van der Waals surface area contributed by atoms with E-state index >= 15 is 0 Å². The lowest BCUT2D eigenvalue weighted by Gasteiger charge is -2.39. The van der Waals surface area contributed by atoms with Crippen molar-refractivity contribution in [1.82, 2.24) is 14.8 Å². The van der Waals surface area contributed by atoms with Gasteiger partial charge in [-0.05, 0) is 31.4 Å². The van der Waals surface area contributed by atoms with Crippen molar-refractivity contribution in [2.24, 2.45) is 0 Å². The number of morpholine rings is 1. The van der Waals surface area contributed by atoms with Crippen molar-refractivity contribution in [3.63, 3.8) is 0 Å². The maximum absolute atomic E-state index is 13.9. The van der Waals surface area contributed by atoms with Crippen LogP contribution < -0.4 is 0 Å². The molecule has 29 heavy (non-hydrogen) atoms. The molecule has 0 saturated carbocycles. The van der Waals surface area contributed by atoms with Crippen LogP contribution in [0.25, 0.3) is 0 Å². The maximum atomic E-state index is 13.9. The monoisotopic (exact) mass is 401 g/mol. The molecule has 1 aromatic carbocycles. The number of piperidine rings is 1. The van der Waals surface area contributed by atoms with Gasteiger partial charge < -0.3 is 14.1 Å². The zero-order valence-corrected chi connectivity index (χ0v) is 16.9. The average molecular weight is 401 g/mol. The molecule has 2 aromatic rings. The molecule has 4 rings (SSSR count). The number of nitrogens with zero attached hydrogens (tertiary/aromatic N) is 3. The normalized spacial score (nSPS) is 23.3. The van der Waals surface area contributed by atoms with Crippen molar-refractivity contribution < 1.29 is 18.3 Å². The van der Waals surface area contributed by atoms with Crippen LogP contribution in [0.3, 0.4) is 0 Å². The number of halogens is 1. The Hall–Kier alpha value is -2.25. The van der Waals surface area contributed by atoms with Gasteiger partial charge in [-0.3, -0.25) is 9.69 Å². The van der Waals surface area contributed by atoms with E-state index in [1.165, 1.54) is 6.07 Å². The van der Waals surface area contributed by atoms with E-state index in [0.29, 0.717) is 49.9 Å². The number of hydrogen-bond donors (Lipinski definition) is 0. The highest BCUT2D eigenvalue weighted by molar-refractivity contribution is 5.78. The number of hydrogen-bond acceptors (Lipinski definition) is 5. The van der Waals surface area contributed by atoms with Crippen LogP contribution in [-0.4, -0.2) is 66.6 Å². The highest BCUT2D eigenvalue weighted by Gasteiger charge is 2.38. The largest absolute Gasteiger partial charge is 0.445 e. The predicted octanol–water partition coefficient (Wildman–Crippen LogP) is 2.62. The van der Waals surface area contributed by atoms with Gasteiger partial charge in [0.05, 0.1) is 31.4 Å². The number of rotatable bonds is 5. The van der Waals surface area contributed by atoms with Gasteiger partial charge >= 0.3 is 0 Å². The van der Waals surface area contributed by atoms with Crippen LogP contribution >= 0.6 is 0 Å². The van der Waals surface area contributed by atoms with Gasteiger partial charge in [0.1, 0.15) is 11.6 Å². The second-order valence-corrected chi connectivity index (χ2v) is 8.27. The minimum atomic E-state index is -0.327. The summed E-state index contributed by atoms with van der Waals surface area (Å²) >= 11 is 0. The smallest absolute Gasteiger partial charge is 0.236 e. The fraction of sp³-hybridized carbons (Fsp3) is 0.545. The molecule has 2 aliphatic heterocycles. The summed E-state index contributed by atoms with van der Waals surface area (Å²) in [6, 6.07) is 6.70. The summed E-state index contributed by atoms with van der Waals surface area (Å²) < 4.78 is 25.3. The van der Waals surface area contributed by atoms with Gasteiger partial charge in [-0.25, -0.2) is 9.37 Å². The van der Waals surface area contributed by atoms with E-state index in [9.17, 15) is 9.18 Å². The van der Waals surface area contributed by atoms with Crippen LogP contribution in [0.4, 0.5) is 4.39 Å². The van der Waals surface area contributed by atoms with Crippen molar-refractivity contribution in [3.8, 4) is 0 Å². The molecule has 2 fully saturated rings. The number of aromatic nitrogens is 1. The molecule has 0 aliphatic carbocycles. The standard InChI is InChI=1S/C22H28FN3O3/c1-22(21-24-14-18(29-21)13-17-5-2-3-6-19(17)23)7-4-8-26(16-22)20(27)15-25-9-11-28-12-10-25/h2-3,5-6,14H,4,7-13,15-16H2,1H3. The molecule has 0 spiro atoms. The third kappa shape index (κ3) is 4.67. The van der Waals surface area contributed by atoms with Crippen molar-refractivity contribution in [2.75, 3.05) is 45.9 Å². The lowest BCUT2D eigenvalue weighted by atomic mass is 9.81. The number of ether oxygens (including phenoxy) is 1. The Balaban J connectivity index is 1.41. The molecule has 2 saturated heterocycles. The Morgan fingerprint density at radius 3 is 2.83 bits per heavy atom. The fourth-order valence-corrected chi connectivity index (χ4v) is 4.18. The van der Waals surface area contributed by atoms with Gasteiger partial charge in [0, 0.05) is 32.6 Å². The maximum Gasteiger partial charge on any atom is 0.236 e. The second-order valence-electron chi connectivity index (χ2n) is 8.27. The molecule has 156 valence electrons. The highest BCUT2D eigenvalue weighted by Crippen LogP contribution is 2.34. The highest BCUT2D eigenvalue weighted by atomic mass is 19.1. The van der Waals surface area contributed by atoms with Gasteiger partial charge in [-0.1, -0.05) is 18.2 Å². The number of amides is 1. The van der Waals surface area contributed by atoms with E-state index in [0.717, 1.165) is 32.5 Å². The SMILES string of the molecule is CC1(c2ncc(Cc3ccccc3F)o2)CCCN(C(=O)CN2CCOCC2)C1. The van der Waals surface area contributed by atoms with Crippen molar-refractivity contribution >= 4 is 5.91 Å². The van der Waals surface area contributed by atoms with E-state index in [-0.39, 0.29) is 17.1 Å². The molecule has 1 amide bonds. The molecular weight excluding hydrogens is 373 g/mol. The molecule has 3 heterocycles. The average Bonchev–Trinajstić information content (AvgIpc) is 3.20. The summed E-state index contributed by atoms with van der Waals surface area (Å²) in [6.45, 7) is 6.87. The molecule has 0 radical (unpaired) electrons. The molecular formula is C22H28FN3O3. The van der Waals surface area contributed by atoms with Gasteiger partial charge in [0.2, 0.25) is 11.8 Å². The minimum absolute atomic E-state index is 0.149. The van der Waals surface area contributed by atoms with Crippen LogP contribution in [0.15, 0.2) is 34.9 Å². The van der Waals surface area contributed by atoms with Crippen LogP contribution in [0, 0.1) is 5.82 Å². The van der Waals surface area contributed by atoms with E-state index in [1.54, 1.807) is 18.3 Å². The summed E-state index contributed by atoms with van der Waals surface area (Å²) in [5, 5.41) is 0. The van der Waals surface area contributed by atoms with E-state index in [4.69, 9.17) is 9.15 Å². The Morgan fingerprint density at radius 2 is 2.03 bits per heavy atom. The fourth-order valence-electron chi connectivity index (χ4n) is 4.18. The Bertz CT molecular complexity index is 849. The first kappa shape index (κ1) is 20.0. The number of carbonyl (C=O) groups is 1. The molecule has 7 heteroatoms. The first-order chi connectivity index (χ1) is 14.0. The molecule has 1 atom stereocenters. The molecule has 2 aliphatic rings. The molecule has 1 unspecified atom stereocenters. The van der Waals surface area contributed by atoms with E-state index in [2.05, 4.69) is 16.8 Å².